The Kier molecular flexibility index (Phi) is 3.85. The van der Waals surface area contributed by atoms with Crippen molar-refractivity contribution in [3.63, 3.8) is 0 Å². The van der Waals surface area contributed by atoms with E-state index in [0.717, 1.165) is 10.7 Å². The van der Waals surface area contributed by atoms with Gasteiger partial charge in [0.15, 0.2) is 0 Å². The molecule has 0 spiro atoms. The number of benzene rings is 1. The third-order valence-corrected chi connectivity index (χ3v) is 6.36. The number of hydrogen-bond donors (Lipinski definition) is 1. The highest BCUT2D eigenvalue weighted by Crippen LogP contribution is 2.45. The van der Waals surface area contributed by atoms with E-state index >= 15 is 0 Å². The van der Waals surface area contributed by atoms with E-state index in [4.69, 9.17) is 0 Å². The molecule has 1 fully saturated rings. The van der Waals surface area contributed by atoms with Gasteiger partial charge in [0.05, 0.1) is 23.7 Å². The van der Waals surface area contributed by atoms with E-state index in [0.29, 0.717) is 17.1 Å². The van der Waals surface area contributed by atoms with Crippen molar-refractivity contribution in [2.45, 2.75) is 16.8 Å². The number of carbonyl (C=O) groups is 2. The van der Waals surface area contributed by atoms with Crippen LogP contribution in [0, 0.1) is 0 Å². The number of carboxylic acids is 1. The van der Waals surface area contributed by atoms with Crippen LogP contribution in [0.4, 0.5) is 0 Å². The quantitative estimate of drug-likeness (QED) is 0.846. The Bertz CT molecular complexity index is 847. The zero-order valence-corrected chi connectivity index (χ0v) is 14.1. The summed E-state index contributed by atoms with van der Waals surface area (Å²) in [7, 11) is 0. The van der Waals surface area contributed by atoms with Gasteiger partial charge in [0.1, 0.15) is 10.7 Å². The number of nitrogens with zero attached hydrogens (tertiary/aromatic N) is 3. The van der Waals surface area contributed by atoms with Crippen LogP contribution in [-0.4, -0.2) is 42.8 Å². The lowest BCUT2D eigenvalue weighted by molar-refractivity contribution is -0.146. The highest BCUT2D eigenvalue weighted by atomic mass is 32.2. The van der Waals surface area contributed by atoms with Crippen molar-refractivity contribution in [3.8, 4) is 5.69 Å². The molecule has 1 atom stereocenters. The van der Waals surface area contributed by atoms with Crippen LogP contribution in [0.15, 0.2) is 58.2 Å². The Morgan fingerprint density at radius 1 is 1.29 bits per heavy atom. The van der Waals surface area contributed by atoms with E-state index < -0.39 is 5.97 Å². The molecule has 1 aromatic carbocycles. The molecule has 1 aromatic heterocycles. The molecule has 0 aliphatic carbocycles. The number of para-hydroxylation sites is 1. The van der Waals surface area contributed by atoms with Crippen molar-refractivity contribution in [1.82, 2.24) is 14.7 Å². The predicted molar refractivity (Wildman–Crippen MR) is 91.8 cm³/mol. The summed E-state index contributed by atoms with van der Waals surface area (Å²) in [6.07, 6.45) is 2.10. The summed E-state index contributed by atoms with van der Waals surface area (Å²) >= 11 is 2.96. The molecular formula is C16H13N3O3S2. The van der Waals surface area contributed by atoms with Crippen molar-refractivity contribution in [1.29, 1.82) is 0 Å². The first kappa shape index (κ1) is 15.3. The van der Waals surface area contributed by atoms with Gasteiger partial charge in [-0.05, 0) is 18.2 Å². The Balaban J connectivity index is 1.70. The van der Waals surface area contributed by atoms with Gasteiger partial charge in [0.2, 0.25) is 5.91 Å². The average Bonchev–Trinajstić information content (AvgIpc) is 3.03. The predicted octanol–water partition coefficient (Wildman–Crippen LogP) is 2.57. The van der Waals surface area contributed by atoms with Crippen LogP contribution < -0.4 is 0 Å². The van der Waals surface area contributed by atoms with E-state index in [1.54, 1.807) is 22.6 Å². The van der Waals surface area contributed by atoms with Crippen LogP contribution in [0.2, 0.25) is 0 Å². The summed E-state index contributed by atoms with van der Waals surface area (Å²) in [6, 6.07) is 11.5. The second kappa shape index (κ2) is 6.03. The van der Waals surface area contributed by atoms with Crippen molar-refractivity contribution >= 4 is 35.4 Å². The minimum Gasteiger partial charge on any atom is -0.477 e. The van der Waals surface area contributed by atoms with Crippen molar-refractivity contribution < 1.29 is 14.7 Å². The number of β-lactam (4-membered cyclic amide) rings is 1. The van der Waals surface area contributed by atoms with Crippen LogP contribution in [0.3, 0.4) is 0 Å². The van der Waals surface area contributed by atoms with Gasteiger partial charge in [-0.15, -0.1) is 11.8 Å². The number of fused-ring (bicyclic) bond motifs is 1. The SMILES string of the molecule is O=C(O)C1=C(Sc2ccnn2-c2ccccc2)CS[C@H]2CC(=O)N12. The molecule has 0 saturated carbocycles. The summed E-state index contributed by atoms with van der Waals surface area (Å²) < 4.78 is 1.77. The van der Waals surface area contributed by atoms with Gasteiger partial charge < -0.3 is 5.11 Å². The molecule has 8 heteroatoms. The maximum absolute atomic E-state index is 11.8. The molecule has 1 N–H and O–H groups in total. The fraction of sp³-hybridized carbons (Fsp3) is 0.188. The van der Waals surface area contributed by atoms with Crippen LogP contribution in [-0.2, 0) is 9.59 Å². The lowest BCUT2D eigenvalue weighted by atomic mass is 10.1. The molecule has 6 nitrogen and oxygen atoms in total. The Morgan fingerprint density at radius 2 is 2.08 bits per heavy atom. The number of hydrogen-bond acceptors (Lipinski definition) is 5. The number of rotatable bonds is 4. The number of carboxylic acid groups (broad SMARTS) is 1. The molecule has 1 amide bonds. The highest BCUT2D eigenvalue weighted by molar-refractivity contribution is 8.06. The number of aromatic nitrogens is 2. The normalized spacial score (nSPS) is 19.9. The summed E-state index contributed by atoms with van der Waals surface area (Å²) in [4.78, 5) is 25.6. The summed E-state index contributed by atoms with van der Waals surface area (Å²) in [6.45, 7) is 0. The van der Waals surface area contributed by atoms with E-state index in [1.807, 2.05) is 36.4 Å². The fourth-order valence-corrected chi connectivity index (χ4v) is 5.18. The third-order valence-electron chi connectivity index (χ3n) is 3.86. The maximum atomic E-state index is 11.8. The highest BCUT2D eigenvalue weighted by Gasteiger charge is 2.45. The molecular weight excluding hydrogens is 346 g/mol. The Morgan fingerprint density at radius 3 is 2.79 bits per heavy atom. The summed E-state index contributed by atoms with van der Waals surface area (Å²) in [5.41, 5.74) is 1.02. The minimum absolute atomic E-state index is 0.0352. The second-order valence-electron chi connectivity index (χ2n) is 5.33. The first-order valence-electron chi connectivity index (χ1n) is 7.32. The van der Waals surface area contributed by atoms with E-state index in [1.165, 1.54) is 16.7 Å². The largest absolute Gasteiger partial charge is 0.477 e. The number of aliphatic carboxylic acids is 1. The van der Waals surface area contributed by atoms with Gasteiger partial charge in [-0.25, -0.2) is 9.48 Å². The number of amides is 1. The van der Waals surface area contributed by atoms with E-state index in [-0.39, 0.29) is 17.0 Å². The fourth-order valence-electron chi connectivity index (χ4n) is 2.72. The molecule has 1 saturated heterocycles. The maximum Gasteiger partial charge on any atom is 0.353 e. The molecule has 0 radical (unpaired) electrons. The van der Waals surface area contributed by atoms with Gasteiger partial charge in [0, 0.05) is 10.7 Å². The molecule has 24 heavy (non-hydrogen) atoms. The molecule has 2 aromatic rings. The first-order chi connectivity index (χ1) is 11.6. The van der Waals surface area contributed by atoms with E-state index in [2.05, 4.69) is 5.10 Å². The molecule has 0 unspecified atom stereocenters. The monoisotopic (exact) mass is 359 g/mol. The third kappa shape index (κ3) is 2.51. The molecule has 2 aliphatic rings. The number of carbonyl (C=O) groups excluding carboxylic acids is 1. The molecule has 0 bridgehead atoms. The van der Waals surface area contributed by atoms with Gasteiger partial charge in [-0.1, -0.05) is 30.0 Å². The van der Waals surface area contributed by atoms with E-state index in [9.17, 15) is 14.7 Å². The first-order valence-corrected chi connectivity index (χ1v) is 9.19. The molecule has 4 rings (SSSR count). The Hall–Kier alpha value is -2.19. The standard InChI is InChI=1S/C16H13N3O3S2/c20-12-8-14-18(12)15(16(21)22)11(9-23-14)24-13-6-7-17-19(13)10-4-2-1-3-5-10/h1-7,14H,8-9H2,(H,21,22)/t14-/m0/s1. The average molecular weight is 359 g/mol. The lowest BCUT2D eigenvalue weighted by Crippen LogP contribution is -2.53. The van der Waals surface area contributed by atoms with Crippen LogP contribution >= 0.6 is 23.5 Å². The van der Waals surface area contributed by atoms with Gasteiger partial charge in [-0.3, -0.25) is 9.69 Å². The van der Waals surface area contributed by atoms with Gasteiger partial charge in [-0.2, -0.15) is 5.10 Å². The minimum atomic E-state index is -1.05. The zero-order valence-electron chi connectivity index (χ0n) is 12.5. The molecule has 122 valence electrons. The van der Waals surface area contributed by atoms with Crippen molar-refractivity contribution in [3.05, 3.63) is 53.2 Å². The van der Waals surface area contributed by atoms with Crippen molar-refractivity contribution in [2.24, 2.45) is 0 Å². The second-order valence-corrected chi connectivity index (χ2v) is 7.61. The summed E-state index contributed by atoms with van der Waals surface area (Å²) in [5.74, 6) is -0.596. The molecule has 3 heterocycles. The van der Waals surface area contributed by atoms with Crippen LogP contribution in [0.25, 0.3) is 5.69 Å². The zero-order chi connectivity index (χ0) is 16.7. The number of thioether (sulfide) groups is 2. The van der Waals surface area contributed by atoms with Crippen LogP contribution in [0.5, 0.6) is 0 Å². The van der Waals surface area contributed by atoms with Crippen LogP contribution in [0.1, 0.15) is 6.42 Å². The van der Waals surface area contributed by atoms with Gasteiger partial charge in [0.25, 0.3) is 0 Å². The molecule has 2 aliphatic heterocycles. The smallest absolute Gasteiger partial charge is 0.353 e. The summed E-state index contributed by atoms with van der Waals surface area (Å²) in [5, 5.41) is 14.7. The Labute approximate surface area is 146 Å². The van der Waals surface area contributed by atoms with Gasteiger partial charge >= 0.3 is 5.97 Å². The lowest BCUT2D eigenvalue weighted by Gasteiger charge is -2.43. The van der Waals surface area contributed by atoms with Crippen molar-refractivity contribution in [2.75, 3.05) is 5.75 Å². The topological polar surface area (TPSA) is 75.4 Å².